The van der Waals surface area contributed by atoms with Gasteiger partial charge in [0, 0.05) is 18.2 Å². The molecular weight excluding hydrogens is 278 g/mol. The predicted octanol–water partition coefficient (Wildman–Crippen LogP) is 2.39. The lowest BCUT2D eigenvalue weighted by atomic mass is 10.0. The number of hydrogen-bond donors (Lipinski definition) is 2. The summed E-state index contributed by atoms with van der Waals surface area (Å²) in [5.41, 5.74) is 1.53. The van der Waals surface area contributed by atoms with Crippen LogP contribution in [0.1, 0.15) is 34.3 Å². The van der Waals surface area contributed by atoms with Gasteiger partial charge in [-0.1, -0.05) is 0 Å². The van der Waals surface area contributed by atoms with Crippen molar-refractivity contribution in [1.82, 2.24) is 10.6 Å². The Labute approximate surface area is 122 Å². The number of rotatable bonds is 4. The Morgan fingerprint density at radius 1 is 1.38 bits per heavy atom. The van der Waals surface area contributed by atoms with Crippen LogP contribution in [0.25, 0.3) is 0 Å². The van der Waals surface area contributed by atoms with Crippen molar-refractivity contribution >= 4 is 5.91 Å². The fourth-order valence-electron chi connectivity index (χ4n) is 2.60. The van der Waals surface area contributed by atoms with Gasteiger partial charge in [-0.05, 0) is 56.5 Å². The van der Waals surface area contributed by atoms with Crippen LogP contribution in [0, 0.1) is 13.8 Å². The van der Waals surface area contributed by atoms with E-state index in [4.69, 9.17) is 0 Å². The molecule has 0 saturated carbocycles. The third kappa shape index (κ3) is 4.14. The molecule has 1 atom stereocenters. The first kappa shape index (κ1) is 15.7. The molecule has 4 nitrogen and oxygen atoms in total. The van der Waals surface area contributed by atoms with Gasteiger partial charge in [-0.15, -0.1) is 0 Å². The average molecular weight is 298 g/mol. The smallest absolute Gasteiger partial charge is 0.387 e. The molecule has 1 heterocycles. The lowest BCUT2D eigenvalue weighted by Gasteiger charge is -2.24. The van der Waals surface area contributed by atoms with Gasteiger partial charge in [0.25, 0.3) is 5.91 Å². The highest BCUT2D eigenvalue weighted by atomic mass is 19.3. The molecule has 116 valence electrons. The number of carbonyl (C=O) groups is 1. The van der Waals surface area contributed by atoms with Crippen LogP contribution in [0.4, 0.5) is 8.78 Å². The number of carbonyl (C=O) groups excluding carboxylic acids is 1. The van der Waals surface area contributed by atoms with Crippen molar-refractivity contribution in [2.45, 2.75) is 39.3 Å². The quantitative estimate of drug-likeness (QED) is 0.897. The lowest BCUT2D eigenvalue weighted by Crippen LogP contribution is -2.45. The minimum Gasteiger partial charge on any atom is -0.434 e. The van der Waals surface area contributed by atoms with Crippen molar-refractivity contribution in [1.29, 1.82) is 0 Å². The number of nitrogens with one attached hydrogen (secondary N) is 2. The van der Waals surface area contributed by atoms with Crippen molar-refractivity contribution in [3.63, 3.8) is 0 Å². The molecule has 6 heteroatoms. The molecule has 2 rings (SSSR count). The van der Waals surface area contributed by atoms with Gasteiger partial charge in [0.15, 0.2) is 0 Å². The molecule has 0 aliphatic carbocycles. The Balaban J connectivity index is 2.10. The summed E-state index contributed by atoms with van der Waals surface area (Å²) >= 11 is 0. The summed E-state index contributed by atoms with van der Waals surface area (Å²) in [7, 11) is 0. The van der Waals surface area contributed by atoms with Crippen molar-refractivity contribution < 1.29 is 18.3 Å². The fourth-order valence-corrected chi connectivity index (χ4v) is 2.60. The van der Waals surface area contributed by atoms with Gasteiger partial charge in [0.2, 0.25) is 0 Å². The van der Waals surface area contributed by atoms with E-state index >= 15 is 0 Å². The van der Waals surface area contributed by atoms with Crippen LogP contribution in [0.3, 0.4) is 0 Å². The van der Waals surface area contributed by atoms with E-state index in [0.29, 0.717) is 16.7 Å². The van der Waals surface area contributed by atoms with E-state index in [9.17, 15) is 13.6 Å². The predicted molar refractivity (Wildman–Crippen MR) is 75.9 cm³/mol. The number of hydrogen-bond acceptors (Lipinski definition) is 3. The number of benzene rings is 1. The second kappa shape index (κ2) is 6.85. The lowest BCUT2D eigenvalue weighted by molar-refractivity contribution is -0.0507. The Bertz CT molecular complexity index is 491. The number of amides is 1. The minimum atomic E-state index is -2.87. The first-order valence-corrected chi connectivity index (χ1v) is 7.05. The number of aryl methyl sites for hydroxylation is 2. The molecule has 1 saturated heterocycles. The largest absolute Gasteiger partial charge is 0.434 e. The Kier molecular flexibility index (Phi) is 5.12. The molecule has 1 aliphatic rings. The van der Waals surface area contributed by atoms with Gasteiger partial charge in [0.1, 0.15) is 5.75 Å². The average Bonchev–Trinajstić information content (AvgIpc) is 2.43. The summed E-state index contributed by atoms with van der Waals surface area (Å²) in [6.07, 6.45) is 1.98. The van der Waals surface area contributed by atoms with E-state index in [2.05, 4.69) is 15.4 Å². The maximum Gasteiger partial charge on any atom is 0.387 e. The summed E-state index contributed by atoms with van der Waals surface area (Å²) < 4.78 is 29.2. The molecule has 1 amide bonds. The van der Waals surface area contributed by atoms with E-state index in [0.717, 1.165) is 25.9 Å². The Hall–Kier alpha value is -1.69. The summed E-state index contributed by atoms with van der Waals surface area (Å²) in [5.74, 6) is -0.0422. The van der Waals surface area contributed by atoms with Crippen LogP contribution in [-0.4, -0.2) is 31.7 Å². The van der Waals surface area contributed by atoms with Crippen LogP contribution < -0.4 is 15.4 Å². The first-order chi connectivity index (χ1) is 9.97. The third-order valence-electron chi connectivity index (χ3n) is 3.56. The van der Waals surface area contributed by atoms with E-state index < -0.39 is 6.61 Å². The maximum absolute atomic E-state index is 12.3. The van der Waals surface area contributed by atoms with E-state index in [1.807, 2.05) is 0 Å². The van der Waals surface area contributed by atoms with E-state index in [1.54, 1.807) is 26.0 Å². The monoisotopic (exact) mass is 298 g/mol. The standard InChI is InChI=1S/C15H20F2N2O2/c1-9-6-11(7-10(2)13(9)21-15(16)17)14(20)19-12-4-3-5-18-8-12/h6-7,12,15,18H,3-5,8H2,1-2H3,(H,19,20). The van der Waals surface area contributed by atoms with Gasteiger partial charge in [0.05, 0.1) is 0 Å². The number of ether oxygens (including phenoxy) is 1. The van der Waals surface area contributed by atoms with Gasteiger partial charge < -0.3 is 15.4 Å². The Morgan fingerprint density at radius 3 is 2.57 bits per heavy atom. The minimum absolute atomic E-state index is 0.115. The van der Waals surface area contributed by atoms with Crippen molar-refractivity contribution in [3.05, 3.63) is 28.8 Å². The summed E-state index contributed by atoms with van der Waals surface area (Å²) in [4.78, 5) is 12.2. The number of halogens is 2. The summed E-state index contributed by atoms with van der Waals surface area (Å²) in [6, 6.07) is 3.27. The van der Waals surface area contributed by atoms with Crippen LogP contribution >= 0.6 is 0 Å². The highest BCUT2D eigenvalue weighted by Gasteiger charge is 2.18. The normalized spacial score (nSPS) is 18.6. The summed E-state index contributed by atoms with van der Waals surface area (Å²) in [6.45, 7) is 2.18. The first-order valence-electron chi connectivity index (χ1n) is 7.05. The molecule has 2 N–H and O–H groups in total. The van der Waals surface area contributed by atoms with E-state index in [-0.39, 0.29) is 17.7 Å². The number of piperidine rings is 1. The van der Waals surface area contributed by atoms with Gasteiger partial charge in [-0.3, -0.25) is 4.79 Å². The van der Waals surface area contributed by atoms with Crippen molar-refractivity contribution in [2.75, 3.05) is 13.1 Å². The molecule has 1 aliphatic heterocycles. The molecule has 1 aromatic rings. The molecule has 21 heavy (non-hydrogen) atoms. The molecule has 1 unspecified atom stereocenters. The highest BCUT2D eigenvalue weighted by Crippen LogP contribution is 2.26. The van der Waals surface area contributed by atoms with E-state index in [1.165, 1.54) is 0 Å². The Morgan fingerprint density at radius 2 is 2.05 bits per heavy atom. The molecule has 0 spiro atoms. The second-order valence-electron chi connectivity index (χ2n) is 5.33. The SMILES string of the molecule is Cc1cc(C(=O)NC2CCCNC2)cc(C)c1OC(F)F. The van der Waals surface area contributed by atoms with Gasteiger partial charge in [-0.2, -0.15) is 8.78 Å². The van der Waals surface area contributed by atoms with Crippen LogP contribution in [0.5, 0.6) is 5.75 Å². The zero-order valence-corrected chi connectivity index (χ0v) is 12.2. The molecule has 0 bridgehead atoms. The molecule has 0 aromatic heterocycles. The molecular formula is C15H20F2N2O2. The fraction of sp³-hybridized carbons (Fsp3) is 0.533. The topological polar surface area (TPSA) is 50.4 Å². The van der Waals surface area contributed by atoms with Crippen LogP contribution in [0.15, 0.2) is 12.1 Å². The number of alkyl halides is 2. The van der Waals surface area contributed by atoms with Crippen LogP contribution in [0.2, 0.25) is 0 Å². The summed E-state index contributed by atoms with van der Waals surface area (Å²) in [5, 5.41) is 6.19. The van der Waals surface area contributed by atoms with Gasteiger partial charge in [-0.25, -0.2) is 0 Å². The molecule has 1 fully saturated rings. The van der Waals surface area contributed by atoms with Gasteiger partial charge >= 0.3 is 6.61 Å². The van der Waals surface area contributed by atoms with Crippen molar-refractivity contribution in [3.8, 4) is 5.75 Å². The molecule has 0 radical (unpaired) electrons. The molecule has 1 aromatic carbocycles. The zero-order valence-electron chi connectivity index (χ0n) is 12.2. The van der Waals surface area contributed by atoms with Crippen molar-refractivity contribution in [2.24, 2.45) is 0 Å². The maximum atomic E-state index is 12.3. The zero-order chi connectivity index (χ0) is 15.4. The highest BCUT2D eigenvalue weighted by molar-refractivity contribution is 5.95. The second-order valence-corrected chi connectivity index (χ2v) is 5.33. The third-order valence-corrected chi connectivity index (χ3v) is 3.56. The van der Waals surface area contributed by atoms with Crippen LogP contribution in [-0.2, 0) is 0 Å².